The predicted molar refractivity (Wildman–Crippen MR) is 148 cm³/mol. The van der Waals surface area contributed by atoms with E-state index >= 15 is 0 Å². The van der Waals surface area contributed by atoms with Crippen molar-refractivity contribution in [3.8, 4) is 0 Å². The molecule has 3 rings (SSSR count). The van der Waals surface area contributed by atoms with Crippen molar-refractivity contribution < 1.29 is 18.0 Å². The summed E-state index contributed by atoms with van der Waals surface area (Å²) in [6.45, 7) is 3.36. The van der Waals surface area contributed by atoms with Gasteiger partial charge in [-0.25, -0.2) is 8.42 Å². The van der Waals surface area contributed by atoms with Crippen molar-refractivity contribution in [3.05, 3.63) is 101 Å². The number of para-hydroxylation sites is 1. The summed E-state index contributed by atoms with van der Waals surface area (Å²) in [5.41, 5.74) is 2.01. The minimum atomic E-state index is -3.78. The van der Waals surface area contributed by atoms with E-state index in [2.05, 4.69) is 5.32 Å². The van der Waals surface area contributed by atoms with Gasteiger partial charge < -0.3 is 10.2 Å². The smallest absolute Gasteiger partial charge is 0.244 e. The fourth-order valence-corrected chi connectivity index (χ4v) is 4.90. The van der Waals surface area contributed by atoms with E-state index in [4.69, 9.17) is 11.6 Å². The normalized spacial score (nSPS) is 12.1. The van der Waals surface area contributed by atoms with E-state index in [1.54, 1.807) is 54.6 Å². The molecule has 0 bridgehead atoms. The molecule has 2 amide bonds. The third kappa shape index (κ3) is 8.33. The number of nitrogens with zero attached hydrogens (tertiary/aromatic N) is 2. The first-order valence-corrected chi connectivity index (χ1v) is 14.2. The lowest BCUT2D eigenvalue weighted by Crippen LogP contribution is -2.54. The highest BCUT2D eigenvalue weighted by atomic mass is 35.5. The summed E-state index contributed by atoms with van der Waals surface area (Å²) in [4.78, 5) is 28.8. The molecule has 3 aromatic rings. The zero-order valence-corrected chi connectivity index (χ0v) is 22.7. The lowest BCUT2D eigenvalue weighted by atomic mass is 10.0. The van der Waals surface area contributed by atoms with E-state index in [1.165, 1.54) is 4.90 Å². The first-order chi connectivity index (χ1) is 17.5. The summed E-state index contributed by atoms with van der Waals surface area (Å²) < 4.78 is 26.4. The molecule has 37 heavy (non-hydrogen) atoms. The monoisotopic (exact) mass is 541 g/mol. The van der Waals surface area contributed by atoms with Crippen LogP contribution in [-0.2, 0) is 32.6 Å². The Morgan fingerprint density at radius 1 is 0.865 bits per heavy atom. The van der Waals surface area contributed by atoms with Gasteiger partial charge in [0.2, 0.25) is 21.8 Å². The van der Waals surface area contributed by atoms with Crippen molar-refractivity contribution in [2.45, 2.75) is 38.9 Å². The first-order valence-electron chi connectivity index (χ1n) is 12.0. The lowest BCUT2D eigenvalue weighted by molar-refractivity contribution is -0.140. The Morgan fingerprint density at radius 3 is 1.97 bits per heavy atom. The number of carbonyl (C=O) groups is 2. The van der Waals surface area contributed by atoms with E-state index in [9.17, 15) is 18.0 Å². The fourth-order valence-electron chi connectivity index (χ4n) is 3.93. The van der Waals surface area contributed by atoms with Gasteiger partial charge in [0.15, 0.2) is 0 Å². The quantitative estimate of drug-likeness (QED) is 0.393. The molecule has 1 atom stereocenters. The zero-order chi connectivity index (χ0) is 27.0. The van der Waals surface area contributed by atoms with Crippen LogP contribution in [0.15, 0.2) is 84.9 Å². The molecule has 1 N–H and O–H groups in total. The largest absolute Gasteiger partial charge is 0.352 e. The number of sulfonamides is 1. The number of hydrogen-bond acceptors (Lipinski definition) is 4. The Kier molecular flexibility index (Phi) is 9.72. The van der Waals surface area contributed by atoms with Crippen LogP contribution in [0.25, 0.3) is 0 Å². The molecule has 3 aromatic carbocycles. The second-order valence-electron chi connectivity index (χ2n) is 9.12. The van der Waals surface area contributed by atoms with Crippen molar-refractivity contribution in [1.82, 2.24) is 10.2 Å². The standard InChI is InChI=1S/C28H32ClN3O4S/c1-21(2)30-28(34)26(18-22-10-6-4-7-11-22)31(19-23-14-16-24(29)17-15-23)27(33)20-32(37(3,35)36)25-12-8-5-9-13-25/h4-17,21,26H,18-20H2,1-3H3,(H,30,34)/t26-/m0/s1. The van der Waals surface area contributed by atoms with Gasteiger partial charge in [0.05, 0.1) is 11.9 Å². The summed E-state index contributed by atoms with van der Waals surface area (Å²) in [6, 6.07) is 23.9. The van der Waals surface area contributed by atoms with Crippen LogP contribution in [0.2, 0.25) is 5.02 Å². The van der Waals surface area contributed by atoms with Crippen molar-refractivity contribution in [2.75, 3.05) is 17.1 Å². The van der Waals surface area contributed by atoms with Crippen molar-refractivity contribution in [3.63, 3.8) is 0 Å². The van der Waals surface area contributed by atoms with Crippen LogP contribution in [0.1, 0.15) is 25.0 Å². The minimum Gasteiger partial charge on any atom is -0.352 e. The molecule has 0 saturated carbocycles. The molecular formula is C28H32ClN3O4S. The second-order valence-corrected chi connectivity index (χ2v) is 11.5. The molecule has 0 fully saturated rings. The van der Waals surface area contributed by atoms with E-state index in [-0.39, 0.29) is 24.9 Å². The zero-order valence-electron chi connectivity index (χ0n) is 21.2. The molecule has 0 unspecified atom stereocenters. The number of benzene rings is 3. The van der Waals surface area contributed by atoms with Gasteiger partial charge in [0.1, 0.15) is 12.6 Å². The first kappa shape index (κ1) is 28.2. The van der Waals surface area contributed by atoms with Gasteiger partial charge in [-0.2, -0.15) is 0 Å². The summed E-state index contributed by atoms with van der Waals surface area (Å²) in [7, 11) is -3.78. The third-order valence-corrected chi connectivity index (χ3v) is 7.08. The van der Waals surface area contributed by atoms with Crippen LogP contribution >= 0.6 is 11.6 Å². The van der Waals surface area contributed by atoms with E-state index in [0.29, 0.717) is 10.7 Å². The lowest BCUT2D eigenvalue weighted by Gasteiger charge is -2.34. The maximum Gasteiger partial charge on any atom is 0.244 e. The number of rotatable bonds is 11. The Balaban J connectivity index is 2.03. The van der Waals surface area contributed by atoms with Crippen LogP contribution in [-0.4, -0.2) is 50.0 Å². The molecule has 0 spiro atoms. The van der Waals surface area contributed by atoms with Crippen LogP contribution in [0.3, 0.4) is 0 Å². The Labute approximate surface area is 224 Å². The maximum absolute atomic E-state index is 13.9. The second kappa shape index (κ2) is 12.7. The number of anilines is 1. The molecule has 0 aliphatic heterocycles. The molecule has 9 heteroatoms. The van der Waals surface area contributed by atoms with Gasteiger partial charge in [-0.1, -0.05) is 72.3 Å². The van der Waals surface area contributed by atoms with E-state index in [1.807, 2.05) is 44.2 Å². The van der Waals surface area contributed by atoms with Gasteiger partial charge in [0, 0.05) is 24.0 Å². The highest BCUT2D eigenvalue weighted by molar-refractivity contribution is 7.92. The Hall–Kier alpha value is -3.36. The third-order valence-electron chi connectivity index (χ3n) is 5.69. The van der Waals surface area contributed by atoms with E-state index < -0.39 is 28.5 Å². The molecule has 0 heterocycles. The fraction of sp³-hybridized carbons (Fsp3) is 0.286. The molecule has 196 valence electrons. The summed E-state index contributed by atoms with van der Waals surface area (Å²) in [5.74, 6) is -0.809. The van der Waals surface area contributed by atoms with Crippen molar-refractivity contribution in [1.29, 1.82) is 0 Å². The number of carbonyl (C=O) groups excluding carboxylic acids is 2. The van der Waals surface area contributed by atoms with Crippen LogP contribution in [0, 0.1) is 0 Å². The van der Waals surface area contributed by atoms with Gasteiger partial charge in [-0.15, -0.1) is 0 Å². The summed E-state index contributed by atoms with van der Waals surface area (Å²) in [5, 5.41) is 3.47. The molecule has 0 aliphatic rings. The molecule has 7 nitrogen and oxygen atoms in total. The maximum atomic E-state index is 13.9. The van der Waals surface area contributed by atoms with Crippen LogP contribution < -0.4 is 9.62 Å². The summed E-state index contributed by atoms with van der Waals surface area (Å²) >= 11 is 6.06. The van der Waals surface area contributed by atoms with Crippen LogP contribution in [0.5, 0.6) is 0 Å². The highest BCUT2D eigenvalue weighted by Crippen LogP contribution is 2.20. The van der Waals surface area contributed by atoms with Crippen molar-refractivity contribution in [2.24, 2.45) is 0 Å². The molecule has 0 saturated heterocycles. The molecule has 0 radical (unpaired) electrons. The molecule has 0 aliphatic carbocycles. The topological polar surface area (TPSA) is 86.8 Å². The van der Waals surface area contributed by atoms with Crippen LogP contribution in [0.4, 0.5) is 5.69 Å². The van der Waals surface area contributed by atoms with E-state index in [0.717, 1.165) is 21.7 Å². The van der Waals surface area contributed by atoms with Crippen molar-refractivity contribution >= 4 is 39.1 Å². The molecule has 0 aromatic heterocycles. The average molecular weight is 542 g/mol. The number of halogens is 1. The minimum absolute atomic E-state index is 0.103. The van der Waals surface area contributed by atoms with Gasteiger partial charge >= 0.3 is 0 Å². The molecular weight excluding hydrogens is 510 g/mol. The number of amides is 2. The van der Waals surface area contributed by atoms with Gasteiger partial charge in [-0.05, 0) is 49.2 Å². The summed E-state index contributed by atoms with van der Waals surface area (Å²) in [6.07, 6.45) is 1.33. The van der Waals surface area contributed by atoms with Gasteiger partial charge in [0.25, 0.3) is 0 Å². The Bertz CT molecular complexity index is 1280. The van der Waals surface area contributed by atoms with Gasteiger partial charge in [-0.3, -0.25) is 13.9 Å². The average Bonchev–Trinajstić information content (AvgIpc) is 2.85. The predicted octanol–water partition coefficient (Wildman–Crippen LogP) is 4.27. The Morgan fingerprint density at radius 2 is 1.43 bits per heavy atom. The highest BCUT2D eigenvalue weighted by Gasteiger charge is 2.33. The SMILES string of the molecule is CC(C)NC(=O)[C@H](Cc1ccccc1)N(Cc1ccc(Cl)cc1)C(=O)CN(c1ccccc1)S(C)(=O)=O. The number of hydrogen-bond donors (Lipinski definition) is 1. The number of nitrogens with one attached hydrogen (secondary N) is 1.